The number of halogens is 1. The number of ether oxygens (including phenoxy) is 2. The molecular weight excluding hydrogens is 666 g/mol. The Labute approximate surface area is 297 Å². The van der Waals surface area contributed by atoms with Crippen molar-refractivity contribution in [3.63, 3.8) is 0 Å². The highest BCUT2D eigenvalue weighted by Gasteiger charge is 2.47. The van der Waals surface area contributed by atoms with Crippen molar-refractivity contribution in [3.05, 3.63) is 58.1 Å². The number of hydrogen-bond acceptors (Lipinski definition) is 9. The van der Waals surface area contributed by atoms with E-state index in [2.05, 4.69) is 14.5 Å². The number of carbonyl (C=O) groups is 1. The predicted octanol–water partition coefficient (Wildman–Crippen LogP) is 5.03. The molecule has 5 atom stereocenters. The third-order valence-corrected chi connectivity index (χ3v) is 13.3. The molecule has 49 heavy (non-hydrogen) atoms. The molecule has 12 heteroatoms. The molecule has 3 aliphatic rings. The highest BCUT2D eigenvalue weighted by molar-refractivity contribution is 7.90. The van der Waals surface area contributed by atoms with Crippen LogP contribution in [0.4, 0.5) is 5.69 Å². The smallest absolute Gasteiger partial charge is 0.264 e. The van der Waals surface area contributed by atoms with Crippen molar-refractivity contribution in [2.45, 2.75) is 82.7 Å². The van der Waals surface area contributed by atoms with Crippen LogP contribution in [0.15, 0.2) is 36.4 Å². The van der Waals surface area contributed by atoms with Gasteiger partial charge in [0.2, 0.25) is 10.0 Å². The number of rotatable bonds is 7. The summed E-state index contributed by atoms with van der Waals surface area (Å²) in [4.78, 5) is 17.9. The van der Waals surface area contributed by atoms with Gasteiger partial charge in [0.1, 0.15) is 12.4 Å². The van der Waals surface area contributed by atoms with Crippen LogP contribution in [0.3, 0.4) is 0 Å². The number of hydrogen-bond donors (Lipinski definition) is 3. The lowest BCUT2D eigenvalue weighted by atomic mass is 9.62. The molecule has 0 unspecified atom stereocenters. The highest BCUT2D eigenvalue weighted by Crippen LogP contribution is 2.46. The van der Waals surface area contributed by atoms with Crippen molar-refractivity contribution in [2.75, 3.05) is 57.9 Å². The molecule has 5 rings (SSSR count). The minimum absolute atomic E-state index is 0.0148. The first-order valence-electron chi connectivity index (χ1n) is 17.8. The number of aryl methyl sites for hydroxylation is 1. The number of nitrogens with zero attached hydrogens (tertiary/aromatic N) is 2. The van der Waals surface area contributed by atoms with E-state index in [-0.39, 0.29) is 29.9 Å². The summed E-state index contributed by atoms with van der Waals surface area (Å²) in [5.74, 6) is -0.0689. The molecule has 1 amide bonds. The topological polar surface area (TPSA) is 129 Å². The first-order chi connectivity index (χ1) is 23.4. The Morgan fingerprint density at radius 1 is 1.08 bits per heavy atom. The number of carbonyl (C=O) groups excluding carboxylic acids is 1. The maximum atomic E-state index is 13.5. The maximum absolute atomic E-state index is 13.5. The number of aliphatic hydroxyl groups excluding tert-OH is 1. The number of methoxy groups -OCH3 is 1. The van der Waals surface area contributed by atoms with Crippen LogP contribution in [-0.2, 0) is 27.8 Å². The van der Waals surface area contributed by atoms with E-state index in [0.717, 1.165) is 48.9 Å². The van der Waals surface area contributed by atoms with Gasteiger partial charge in [0.05, 0.1) is 29.8 Å². The van der Waals surface area contributed by atoms with Gasteiger partial charge in [0.15, 0.2) is 0 Å². The number of anilines is 1. The SMILES string of the molecule is COCCN(CCO)C[C@@]1(O)CCC[C@H](C)[C@@H](C)S(=O)(=O)NC(=O)c2ccc3c(c2)N(CCCCc2cc(Cl)ccc2CO3)C[C@@H]2CC[C@H]21. The average molecular weight is 720 g/mol. The minimum atomic E-state index is -3.98. The normalized spacial score (nSPS) is 27.9. The van der Waals surface area contributed by atoms with E-state index in [1.807, 2.05) is 25.1 Å². The van der Waals surface area contributed by atoms with Crippen LogP contribution in [-0.4, -0.2) is 93.3 Å². The number of amides is 1. The van der Waals surface area contributed by atoms with Crippen LogP contribution in [0.2, 0.25) is 5.02 Å². The Kier molecular flexibility index (Phi) is 12.9. The standard InChI is InChI=1S/C37H54ClN3O7S/c1-26-7-6-15-37(44,25-40(17-19-42)18-20-47-3)33-13-10-30(33)23-41-16-5-4-8-28-21-32(38)12-9-31(28)24-48-35-14-11-29(22-34(35)41)36(43)39-49(45,46)27(26)2/h9,11-12,14,21-22,26-27,30,33,42,44H,4-8,10,13,15-20,23-25H2,1-3H3,(H,39,43)/t26-,27+,30-,33+,37-/m0/s1. The molecule has 2 heterocycles. The molecule has 1 aliphatic carbocycles. The second-order valence-electron chi connectivity index (χ2n) is 14.4. The summed E-state index contributed by atoms with van der Waals surface area (Å²) < 4.78 is 41.1. The zero-order chi connectivity index (χ0) is 35.2. The number of fused-ring (bicyclic) bond motifs is 3. The van der Waals surface area contributed by atoms with Crippen molar-refractivity contribution in [2.24, 2.45) is 17.8 Å². The zero-order valence-electron chi connectivity index (χ0n) is 29.2. The molecule has 2 aromatic carbocycles. The Hall–Kier alpha value is -2.41. The van der Waals surface area contributed by atoms with E-state index in [4.69, 9.17) is 21.1 Å². The second kappa shape index (κ2) is 16.7. The first kappa shape index (κ1) is 37.8. The van der Waals surface area contributed by atoms with Crippen molar-refractivity contribution in [3.8, 4) is 5.75 Å². The lowest BCUT2D eigenvalue weighted by molar-refractivity contribution is -0.108. The van der Waals surface area contributed by atoms with E-state index in [9.17, 15) is 23.4 Å². The summed E-state index contributed by atoms with van der Waals surface area (Å²) in [6, 6.07) is 11.0. The molecule has 1 fully saturated rings. The monoisotopic (exact) mass is 719 g/mol. The van der Waals surface area contributed by atoms with Gasteiger partial charge >= 0.3 is 0 Å². The van der Waals surface area contributed by atoms with Gasteiger partial charge in [-0.1, -0.05) is 31.0 Å². The molecule has 1 saturated carbocycles. The largest absolute Gasteiger partial charge is 0.487 e. The molecule has 0 saturated heterocycles. The van der Waals surface area contributed by atoms with Crippen molar-refractivity contribution in [1.29, 1.82) is 0 Å². The van der Waals surface area contributed by atoms with Crippen LogP contribution in [0.5, 0.6) is 5.75 Å². The third kappa shape index (κ3) is 9.28. The molecule has 0 radical (unpaired) electrons. The van der Waals surface area contributed by atoms with Crippen LogP contribution in [0.25, 0.3) is 0 Å². The maximum Gasteiger partial charge on any atom is 0.264 e. The van der Waals surface area contributed by atoms with Gasteiger partial charge in [0.25, 0.3) is 5.91 Å². The van der Waals surface area contributed by atoms with Gasteiger partial charge in [-0.25, -0.2) is 13.1 Å². The van der Waals surface area contributed by atoms with Gasteiger partial charge in [-0.3, -0.25) is 9.69 Å². The van der Waals surface area contributed by atoms with Gasteiger partial charge in [-0.15, -0.1) is 0 Å². The van der Waals surface area contributed by atoms with Gasteiger partial charge in [-0.2, -0.15) is 0 Å². The van der Waals surface area contributed by atoms with E-state index < -0.39 is 26.8 Å². The fraction of sp³-hybridized carbons (Fsp3) is 0.649. The number of aliphatic hydroxyl groups is 2. The summed E-state index contributed by atoms with van der Waals surface area (Å²) in [6.45, 7) is 7.13. The predicted molar refractivity (Wildman–Crippen MR) is 193 cm³/mol. The molecule has 2 bridgehead atoms. The molecule has 0 aromatic heterocycles. The van der Waals surface area contributed by atoms with Crippen LogP contribution in [0.1, 0.15) is 80.3 Å². The number of benzene rings is 2. The van der Waals surface area contributed by atoms with E-state index in [1.165, 1.54) is 0 Å². The summed E-state index contributed by atoms with van der Waals surface area (Å²) in [5.41, 5.74) is 2.17. The molecule has 272 valence electrons. The summed E-state index contributed by atoms with van der Waals surface area (Å²) in [7, 11) is -2.33. The van der Waals surface area contributed by atoms with Crippen molar-refractivity contribution in [1.82, 2.24) is 9.62 Å². The van der Waals surface area contributed by atoms with Crippen molar-refractivity contribution >= 4 is 33.2 Å². The molecule has 3 N–H and O–H groups in total. The summed E-state index contributed by atoms with van der Waals surface area (Å²) in [5, 5.41) is 22.3. The molecule has 2 aliphatic heterocycles. The Balaban J connectivity index is 1.54. The van der Waals surface area contributed by atoms with Crippen LogP contribution in [0, 0.1) is 17.8 Å². The van der Waals surface area contributed by atoms with Gasteiger partial charge in [0, 0.05) is 50.4 Å². The molecular formula is C37H54ClN3O7S. The van der Waals surface area contributed by atoms with E-state index in [0.29, 0.717) is 76.0 Å². The van der Waals surface area contributed by atoms with Crippen molar-refractivity contribution < 1.29 is 32.9 Å². The molecule has 0 spiro atoms. The fourth-order valence-corrected chi connectivity index (χ4v) is 9.31. The first-order valence-corrected chi connectivity index (χ1v) is 19.8. The minimum Gasteiger partial charge on any atom is -0.487 e. The third-order valence-electron chi connectivity index (χ3n) is 11.1. The fourth-order valence-electron chi connectivity index (χ4n) is 7.81. The number of nitrogens with one attached hydrogen (secondary N) is 1. The van der Waals surface area contributed by atoms with E-state index >= 15 is 0 Å². The Morgan fingerprint density at radius 3 is 2.63 bits per heavy atom. The zero-order valence-corrected chi connectivity index (χ0v) is 30.8. The Bertz CT molecular complexity index is 1540. The number of sulfonamides is 1. The molecule has 10 nitrogen and oxygen atoms in total. The van der Waals surface area contributed by atoms with Crippen LogP contribution < -0.4 is 14.4 Å². The summed E-state index contributed by atoms with van der Waals surface area (Å²) >= 11 is 6.36. The van der Waals surface area contributed by atoms with E-state index in [1.54, 1.807) is 32.2 Å². The molecule has 2 aromatic rings. The Morgan fingerprint density at radius 2 is 1.90 bits per heavy atom. The van der Waals surface area contributed by atoms with Gasteiger partial charge in [-0.05, 0) is 111 Å². The highest BCUT2D eigenvalue weighted by atomic mass is 35.5. The lowest BCUT2D eigenvalue weighted by Gasteiger charge is -2.51. The average Bonchev–Trinajstić information content (AvgIpc) is 3.07. The quantitative estimate of drug-likeness (QED) is 0.361. The second-order valence-corrected chi connectivity index (χ2v) is 16.9. The summed E-state index contributed by atoms with van der Waals surface area (Å²) in [6.07, 6.45) is 6.26. The van der Waals surface area contributed by atoms with Gasteiger partial charge < -0.3 is 24.6 Å². The van der Waals surface area contributed by atoms with Crippen LogP contribution >= 0.6 is 11.6 Å². The lowest BCUT2D eigenvalue weighted by Crippen LogP contribution is -2.56.